The van der Waals surface area contributed by atoms with Crippen LogP contribution in [0.3, 0.4) is 0 Å². The van der Waals surface area contributed by atoms with Crippen LogP contribution in [0.5, 0.6) is 0 Å². The Hall–Kier alpha value is -1.76. The van der Waals surface area contributed by atoms with Gasteiger partial charge in [0.1, 0.15) is 17.5 Å². The van der Waals surface area contributed by atoms with Crippen molar-refractivity contribution in [3.8, 4) is 0 Å². The monoisotopic (exact) mass is 503 g/mol. The van der Waals surface area contributed by atoms with Crippen molar-refractivity contribution >= 4 is 27.5 Å². The lowest BCUT2D eigenvalue weighted by Gasteiger charge is -2.44. The standard InChI is InChI=1S/C25H24BrClFNO2/c26-21-9-6-19(23(28)14-21)17-30-24-15-29-13-12-25(24,20-7-10-22(27)11-8-20)31-16-18-4-2-1-3-5-18/h1-11,14,24,29H,12-13,15-17H2. The van der Waals surface area contributed by atoms with E-state index in [0.29, 0.717) is 28.2 Å². The number of benzene rings is 3. The van der Waals surface area contributed by atoms with E-state index in [1.165, 1.54) is 6.07 Å². The van der Waals surface area contributed by atoms with Crippen molar-refractivity contribution in [1.29, 1.82) is 0 Å². The summed E-state index contributed by atoms with van der Waals surface area (Å²) < 4.78 is 28.0. The molecule has 1 aliphatic heterocycles. The van der Waals surface area contributed by atoms with E-state index in [9.17, 15) is 4.39 Å². The molecule has 0 radical (unpaired) electrons. The molecule has 4 rings (SSSR count). The third-order valence-electron chi connectivity index (χ3n) is 5.65. The van der Waals surface area contributed by atoms with Crippen molar-refractivity contribution in [3.63, 3.8) is 0 Å². The van der Waals surface area contributed by atoms with Crippen molar-refractivity contribution in [3.05, 3.63) is 105 Å². The van der Waals surface area contributed by atoms with Crippen LogP contribution in [0.4, 0.5) is 4.39 Å². The third kappa shape index (κ3) is 5.36. The van der Waals surface area contributed by atoms with Gasteiger partial charge in [-0.05, 0) is 48.4 Å². The molecule has 1 heterocycles. The Kier molecular flexibility index (Phi) is 7.41. The first-order chi connectivity index (χ1) is 15.1. The van der Waals surface area contributed by atoms with Crippen molar-refractivity contribution in [2.24, 2.45) is 0 Å². The van der Waals surface area contributed by atoms with E-state index in [1.807, 2.05) is 60.7 Å². The van der Waals surface area contributed by atoms with Crippen molar-refractivity contribution < 1.29 is 13.9 Å². The number of piperidine rings is 1. The smallest absolute Gasteiger partial charge is 0.129 e. The van der Waals surface area contributed by atoms with Crippen molar-refractivity contribution in [2.45, 2.75) is 31.3 Å². The highest BCUT2D eigenvalue weighted by molar-refractivity contribution is 9.10. The summed E-state index contributed by atoms with van der Waals surface area (Å²) in [5, 5.41) is 4.07. The van der Waals surface area contributed by atoms with Crippen LogP contribution < -0.4 is 5.32 Å². The Morgan fingerprint density at radius 3 is 2.55 bits per heavy atom. The molecule has 1 fully saturated rings. The number of nitrogens with one attached hydrogen (secondary N) is 1. The van der Waals surface area contributed by atoms with Gasteiger partial charge in [0.25, 0.3) is 0 Å². The Balaban J connectivity index is 1.61. The zero-order chi connectivity index (χ0) is 21.7. The van der Waals surface area contributed by atoms with Gasteiger partial charge in [0.2, 0.25) is 0 Å². The average molecular weight is 505 g/mol. The van der Waals surface area contributed by atoms with Crippen molar-refractivity contribution in [1.82, 2.24) is 5.32 Å². The summed E-state index contributed by atoms with van der Waals surface area (Å²) in [6.45, 7) is 2.02. The topological polar surface area (TPSA) is 30.5 Å². The lowest BCUT2D eigenvalue weighted by molar-refractivity contribution is -0.176. The minimum atomic E-state index is -0.669. The van der Waals surface area contributed by atoms with E-state index >= 15 is 0 Å². The molecule has 0 aromatic heterocycles. The predicted molar refractivity (Wildman–Crippen MR) is 125 cm³/mol. The fourth-order valence-corrected chi connectivity index (χ4v) is 4.41. The number of hydrogen-bond acceptors (Lipinski definition) is 3. The molecule has 31 heavy (non-hydrogen) atoms. The quantitative estimate of drug-likeness (QED) is 0.414. The minimum Gasteiger partial charge on any atom is -0.369 e. The maximum absolute atomic E-state index is 14.4. The van der Waals surface area contributed by atoms with Crippen LogP contribution in [0, 0.1) is 5.82 Å². The first kappa shape index (κ1) is 22.4. The van der Waals surface area contributed by atoms with Crippen LogP contribution in [-0.2, 0) is 28.3 Å². The van der Waals surface area contributed by atoms with Gasteiger partial charge in [-0.25, -0.2) is 4.39 Å². The fraction of sp³-hybridized carbons (Fsp3) is 0.280. The van der Waals surface area contributed by atoms with Crippen LogP contribution in [0.25, 0.3) is 0 Å². The van der Waals surface area contributed by atoms with Gasteiger partial charge in [-0.15, -0.1) is 0 Å². The molecule has 3 aromatic rings. The predicted octanol–water partition coefficient (Wildman–Crippen LogP) is 6.23. The number of rotatable bonds is 7. The summed E-state index contributed by atoms with van der Waals surface area (Å²) in [7, 11) is 0. The molecule has 1 N–H and O–H groups in total. The molecule has 0 saturated carbocycles. The number of halogens is 3. The van der Waals surface area contributed by atoms with Crippen LogP contribution in [-0.4, -0.2) is 19.2 Å². The lowest BCUT2D eigenvalue weighted by atomic mass is 9.82. The lowest BCUT2D eigenvalue weighted by Crippen LogP contribution is -2.54. The number of ether oxygens (including phenoxy) is 2. The summed E-state index contributed by atoms with van der Waals surface area (Å²) in [6, 6.07) is 22.8. The maximum Gasteiger partial charge on any atom is 0.129 e. The van der Waals surface area contributed by atoms with Crippen LogP contribution in [0.15, 0.2) is 77.3 Å². The van der Waals surface area contributed by atoms with E-state index in [0.717, 1.165) is 24.1 Å². The normalized spacial score (nSPS) is 21.2. The zero-order valence-corrected chi connectivity index (χ0v) is 19.3. The van der Waals surface area contributed by atoms with E-state index in [-0.39, 0.29) is 18.5 Å². The second-order valence-corrected chi connectivity index (χ2v) is 9.01. The van der Waals surface area contributed by atoms with Crippen LogP contribution in [0.2, 0.25) is 5.02 Å². The van der Waals surface area contributed by atoms with Gasteiger partial charge < -0.3 is 14.8 Å². The van der Waals surface area contributed by atoms with Gasteiger partial charge in [0, 0.05) is 21.6 Å². The third-order valence-corrected chi connectivity index (χ3v) is 6.40. The molecule has 0 amide bonds. The first-order valence-corrected chi connectivity index (χ1v) is 11.4. The van der Waals surface area contributed by atoms with Gasteiger partial charge in [0.05, 0.1) is 13.2 Å². The van der Waals surface area contributed by atoms with Gasteiger partial charge in [0.15, 0.2) is 0 Å². The Bertz CT molecular complexity index is 1000. The molecule has 1 saturated heterocycles. The largest absolute Gasteiger partial charge is 0.369 e. The fourth-order valence-electron chi connectivity index (χ4n) is 3.95. The summed E-state index contributed by atoms with van der Waals surface area (Å²) in [6.07, 6.45) is 0.434. The molecule has 0 spiro atoms. The van der Waals surface area contributed by atoms with Crippen molar-refractivity contribution in [2.75, 3.05) is 13.1 Å². The molecule has 3 nitrogen and oxygen atoms in total. The molecule has 3 aromatic carbocycles. The zero-order valence-electron chi connectivity index (χ0n) is 17.0. The molecule has 1 aliphatic rings. The molecule has 0 bridgehead atoms. The average Bonchev–Trinajstić information content (AvgIpc) is 2.79. The summed E-state index contributed by atoms with van der Waals surface area (Å²) >= 11 is 9.45. The highest BCUT2D eigenvalue weighted by Gasteiger charge is 2.44. The minimum absolute atomic E-state index is 0.162. The molecule has 6 heteroatoms. The van der Waals surface area contributed by atoms with E-state index in [4.69, 9.17) is 21.1 Å². The second kappa shape index (κ2) is 10.2. The van der Waals surface area contributed by atoms with Gasteiger partial charge in [-0.3, -0.25) is 0 Å². The molecule has 162 valence electrons. The van der Waals surface area contributed by atoms with Gasteiger partial charge in [-0.1, -0.05) is 76.1 Å². The Morgan fingerprint density at radius 1 is 1.03 bits per heavy atom. The molecule has 2 atom stereocenters. The molecule has 2 unspecified atom stereocenters. The Morgan fingerprint density at radius 2 is 1.81 bits per heavy atom. The van der Waals surface area contributed by atoms with E-state index < -0.39 is 5.60 Å². The first-order valence-electron chi connectivity index (χ1n) is 10.3. The Labute approximate surface area is 195 Å². The highest BCUT2D eigenvalue weighted by atomic mass is 79.9. The number of hydrogen-bond donors (Lipinski definition) is 1. The highest BCUT2D eigenvalue weighted by Crippen LogP contribution is 2.38. The summed E-state index contributed by atoms with van der Waals surface area (Å²) in [4.78, 5) is 0. The maximum atomic E-state index is 14.4. The summed E-state index contributed by atoms with van der Waals surface area (Å²) in [5.74, 6) is -0.291. The molecular formula is C25H24BrClFNO2. The molecule has 0 aliphatic carbocycles. The van der Waals surface area contributed by atoms with Crippen LogP contribution >= 0.6 is 27.5 Å². The van der Waals surface area contributed by atoms with Gasteiger partial charge in [-0.2, -0.15) is 0 Å². The summed E-state index contributed by atoms with van der Waals surface area (Å²) in [5.41, 5.74) is 1.95. The van der Waals surface area contributed by atoms with Crippen LogP contribution in [0.1, 0.15) is 23.1 Å². The SMILES string of the molecule is Fc1cc(Br)ccc1COC1CNCCC1(OCc1ccccc1)c1ccc(Cl)cc1. The van der Waals surface area contributed by atoms with E-state index in [2.05, 4.69) is 21.2 Å². The van der Waals surface area contributed by atoms with E-state index in [1.54, 1.807) is 6.07 Å². The molecular weight excluding hydrogens is 481 g/mol. The van der Waals surface area contributed by atoms with Gasteiger partial charge >= 0.3 is 0 Å². The second-order valence-electron chi connectivity index (χ2n) is 7.66.